The average Bonchev–Trinajstić information content (AvgIpc) is 3.17. The van der Waals surface area contributed by atoms with Gasteiger partial charge in [-0.25, -0.2) is 4.98 Å². The number of carboxylic acids is 1. The van der Waals surface area contributed by atoms with E-state index in [9.17, 15) is 22.8 Å². The second-order valence-corrected chi connectivity index (χ2v) is 11.1. The molecular formula is C28H33F3N4O4. The maximum atomic E-state index is 12.8. The first-order valence-electron chi connectivity index (χ1n) is 12.8. The maximum absolute atomic E-state index is 12.8. The van der Waals surface area contributed by atoms with E-state index in [1.165, 1.54) is 12.1 Å². The summed E-state index contributed by atoms with van der Waals surface area (Å²) in [6.45, 7) is 5.91. The number of amides is 1. The Hall–Kier alpha value is -3.76. The fourth-order valence-electron chi connectivity index (χ4n) is 5.56. The highest BCUT2D eigenvalue weighted by atomic mass is 19.4. The summed E-state index contributed by atoms with van der Waals surface area (Å²) >= 11 is 0. The van der Waals surface area contributed by atoms with E-state index in [-0.39, 0.29) is 23.6 Å². The number of hydrogen-bond acceptors (Lipinski definition) is 5. The van der Waals surface area contributed by atoms with Gasteiger partial charge in [0.05, 0.1) is 17.5 Å². The van der Waals surface area contributed by atoms with E-state index in [1.54, 1.807) is 24.3 Å². The molecular weight excluding hydrogens is 513 g/mol. The fourth-order valence-corrected chi connectivity index (χ4v) is 5.56. The number of carbonyl (C=O) groups excluding carboxylic acids is 1. The Morgan fingerprint density at radius 3 is 2.51 bits per heavy atom. The predicted molar refractivity (Wildman–Crippen MR) is 141 cm³/mol. The number of aliphatic carboxylic acids is 1. The number of anilines is 2. The van der Waals surface area contributed by atoms with E-state index < -0.39 is 31.0 Å². The van der Waals surface area contributed by atoms with Gasteiger partial charge >= 0.3 is 12.1 Å². The van der Waals surface area contributed by atoms with Gasteiger partial charge in [0.2, 0.25) is 5.95 Å². The highest BCUT2D eigenvalue weighted by Crippen LogP contribution is 2.46. The van der Waals surface area contributed by atoms with Crippen LogP contribution < -0.4 is 15.4 Å². The van der Waals surface area contributed by atoms with Crippen LogP contribution in [0.5, 0.6) is 5.75 Å². The van der Waals surface area contributed by atoms with Crippen molar-refractivity contribution < 1.29 is 32.6 Å². The molecule has 1 aliphatic rings. The second kappa shape index (κ2) is 11.2. The number of nitrogens with one attached hydrogen (secondary N) is 2. The molecule has 3 aromatic rings. The third kappa shape index (κ3) is 7.64. The molecule has 0 unspecified atom stereocenters. The molecule has 210 valence electrons. The molecule has 3 N–H and O–H groups in total. The molecule has 1 heterocycles. The third-order valence-corrected chi connectivity index (χ3v) is 6.81. The van der Waals surface area contributed by atoms with E-state index in [2.05, 4.69) is 36.0 Å². The molecule has 0 aliphatic heterocycles. The summed E-state index contributed by atoms with van der Waals surface area (Å²) in [5.74, 6) is -0.237. The summed E-state index contributed by atoms with van der Waals surface area (Å²) in [5, 5.41) is 14.2. The first-order chi connectivity index (χ1) is 18.3. The van der Waals surface area contributed by atoms with Gasteiger partial charge in [-0.1, -0.05) is 32.9 Å². The number of imidazole rings is 1. The summed E-state index contributed by atoms with van der Waals surface area (Å²) in [4.78, 5) is 27.3. The zero-order chi connectivity index (χ0) is 28.4. The minimum atomic E-state index is -4.27. The van der Waals surface area contributed by atoms with Crippen LogP contribution in [0.2, 0.25) is 0 Å². The van der Waals surface area contributed by atoms with E-state index in [0.29, 0.717) is 28.8 Å². The molecule has 0 bridgehead atoms. The van der Waals surface area contributed by atoms with Crippen molar-refractivity contribution in [2.24, 2.45) is 11.3 Å². The summed E-state index contributed by atoms with van der Waals surface area (Å²) in [5.41, 5.74) is 2.42. The van der Waals surface area contributed by atoms with E-state index in [1.807, 2.05) is 6.07 Å². The van der Waals surface area contributed by atoms with Crippen molar-refractivity contribution in [3.8, 4) is 5.75 Å². The number of alkyl halides is 3. The van der Waals surface area contributed by atoms with Crippen molar-refractivity contribution in [3.05, 3.63) is 48.0 Å². The third-order valence-electron chi connectivity index (χ3n) is 6.81. The number of benzene rings is 2. The van der Waals surface area contributed by atoms with Gasteiger partial charge < -0.3 is 25.0 Å². The minimum Gasteiger partial charge on any atom is -0.484 e. The molecule has 11 heteroatoms. The second-order valence-electron chi connectivity index (χ2n) is 11.1. The van der Waals surface area contributed by atoms with Crippen molar-refractivity contribution in [1.29, 1.82) is 0 Å². The van der Waals surface area contributed by atoms with Gasteiger partial charge in [-0.3, -0.25) is 9.59 Å². The van der Waals surface area contributed by atoms with Crippen molar-refractivity contribution in [2.45, 2.75) is 58.7 Å². The van der Waals surface area contributed by atoms with Crippen LogP contribution in [0.15, 0.2) is 42.5 Å². The van der Waals surface area contributed by atoms with Gasteiger partial charge in [-0.2, -0.15) is 13.2 Å². The molecule has 1 aliphatic carbocycles. The summed E-state index contributed by atoms with van der Waals surface area (Å²) in [6.07, 6.45) is -2.26. The number of hydrogen-bond donors (Lipinski definition) is 3. The molecule has 1 aromatic heterocycles. The quantitative estimate of drug-likeness (QED) is 0.311. The van der Waals surface area contributed by atoms with Crippen LogP contribution in [0.3, 0.4) is 0 Å². The molecule has 2 atom stereocenters. The van der Waals surface area contributed by atoms with E-state index in [0.717, 1.165) is 24.8 Å². The highest BCUT2D eigenvalue weighted by Gasteiger charge is 2.35. The molecule has 39 heavy (non-hydrogen) atoms. The van der Waals surface area contributed by atoms with Crippen LogP contribution >= 0.6 is 0 Å². The van der Waals surface area contributed by atoms with Crippen molar-refractivity contribution in [2.75, 3.05) is 18.5 Å². The highest BCUT2D eigenvalue weighted by molar-refractivity contribution is 5.83. The predicted octanol–water partition coefficient (Wildman–Crippen LogP) is 5.85. The normalized spacial score (nSPS) is 19.0. The average molecular weight is 547 g/mol. The zero-order valence-corrected chi connectivity index (χ0v) is 22.1. The Labute approximate surface area is 224 Å². The lowest BCUT2D eigenvalue weighted by Crippen LogP contribution is -2.33. The number of ether oxygens (including phenoxy) is 1. The van der Waals surface area contributed by atoms with Crippen molar-refractivity contribution in [3.63, 3.8) is 0 Å². The van der Waals surface area contributed by atoms with Crippen LogP contribution in [0.25, 0.3) is 11.0 Å². The number of rotatable bonds is 9. The van der Waals surface area contributed by atoms with Crippen molar-refractivity contribution in [1.82, 2.24) is 14.9 Å². The van der Waals surface area contributed by atoms with Gasteiger partial charge in [-0.05, 0) is 60.4 Å². The first-order valence-corrected chi connectivity index (χ1v) is 12.8. The smallest absolute Gasteiger partial charge is 0.393 e. The standard InChI is InChI=1S/C28H33F3N4O4/c1-17-10-20(14-27(2,3)12-17)35-23-9-8-21(39-16-24(36)32-15-25(37)38)11-22(23)34-26(35)33-19-6-4-18(5-7-19)13-28(29,30)31/h4-9,11,17,20H,10,12-16H2,1-3H3,(H,32,36)(H,33,34)(H,37,38)/t17-,20+/m1/s1. The lowest BCUT2D eigenvalue weighted by atomic mass is 9.70. The number of aromatic nitrogens is 2. The summed E-state index contributed by atoms with van der Waals surface area (Å²) in [6, 6.07) is 11.6. The lowest BCUT2D eigenvalue weighted by Gasteiger charge is -2.40. The molecule has 1 fully saturated rings. The number of fused-ring (bicyclic) bond motifs is 1. The van der Waals surface area contributed by atoms with Gasteiger partial charge in [-0.15, -0.1) is 0 Å². The van der Waals surface area contributed by atoms with Crippen LogP contribution in [0, 0.1) is 11.3 Å². The summed E-state index contributed by atoms with van der Waals surface area (Å²) < 4.78 is 46.0. The monoisotopic (exact) mass is 546 g/mol. The Morgan fingerprint density at radius 1 is 1.15 bits per heavy atom. The van der Waals surface area contributed by atoms with Gasteiger partial charge in [0.15, 0.2) is 6.61 Å². The molecule has 8 nitrogen and oxygen atoms in total. The van der Waals surface area contributed by atoms with Crippen LogP contribution in [-0.2, 0) is 16.0 Å². The van der Waals surface area contributed by atoms with Crippen LogP contribution in [0.1, 0.15) is 51.6 Å². The fraction of sp³-hybridized carbons (Fsp3) is 0.464. The SMILES string of the molecule is C[C@@H]1C[C@H](n2c(Nc3ccc(CC(F)(F)F)cc3)nc3cc(OCC(=O)NCC(=O)O)ccc32)CC(C)(C)C1. The van der Waals surface area contributed by atoms with Crippen LogP contribution in [-0.4, -0.2) is 45.9 Å². The number of nitrogens with zero attached hydrogens (tertiary/aromatic N) is 2. The largest absolute Gasteiger partial charge is 0.484 e. The topological polar surface area (TPSA) is 105 Å². The zero-order valence-electron chi connectivity index (χ0n) is 22.1. The molecule has 2 aromatic carbocycles. The molecule has 4 rings (SSSR count). The summed E-state index contributed by atoms with van der Waals surface area (Å²) in [7, 11) is 0. The Kier molecular flexibility index (Phi) is 8.08. The van der Waals surface area contributed by atoms with Gasteiger partial charge in [0, 0.05) is 17.8 Å². The molecule has 0 spiro atoms. The lowest BCUT2D eigenvalue weighted by molar-refractivity contribution is -0.138. The molecule has 0 radical (unpaired) electrons. The first kappa shape index (κ1) is 28.3. The minimum absolute atomic E-state index is 0.127. The van der Waals surface area contributed by atoms with Crippen molar-refractivity contribution >= 4 is 34.5 Å². The molecule has 1 saturated carbocycles. The van der Waals surface area contributed by atoms with Gasteiger partial charge in [0.25, 0.3) is 5.91 Å². The van der Waals surface area contributed by atoms with Gasteiger partial charge in [0.1, 0.15) is 12.3 Å². The maximum Gasteiger partial charge on any atom is 0.393 e. The Morgan fingerprint density at radius 2 is 1.87 bits per heavy atom. The Balaban J connectivity index is 1.63. The molecule has 1 amide bonds. The van der Waals surface area contributed by atoms with E-state index >= 15 is 0 Å². The van der Waals surface area contributed by atoms with Crippen LogP contribution in [0.4, 0.5) is 24.8 Å². The Bertz CT molecular complexity index is 1340. The number of halogens is 3. The molecule has 0 saturated heterocycles. The number of carboxylic acid groups (broad SMARTS) is 1. The number of carbonyl (C=O) groups is 2. The van der Waals surface area contributed by atoms with E-state index in [4.69, 9.17) is 14.8 Å².